The number of Topliss-reactive ketones (excluding diaryl/α,β-unsaturated/α-hetero) is 1. The Morgan fingerprint density at radius 1 is 1.50 bits per heavy atom. The van der Waals surface area contributed by atoms with Crippen molar-refractivity contribution < 1.29 is 23.2 Å². The molecule has 0 N–H and O–H groups in total. The number of hydrogen-bond donors (Lipinski definition) is 0. The fourth-order valence-electron chi connectivity index (χ4n) is 1.63. The Hall–Kier alpha value is -2.05. The number of hydrogen-bond acceptors (Lipinski definition) is 4. The van der Waals surface area contributed by atoms with Gasteiger partial charge >= 0.3 is 6.61 Å². The Balaban J connectivity index is 3.46. The number of aryl methyl sites for hydroxylation is 1. The van der Waals surface area contributed by atoms with Crippen LogP contribution in [0.4, 0.5) is 14.5 Å². The third kappa shape index (κ3) is 2.99. The Bertz CT molecular complexity index is 488. The number of carbonyl (C=O) groups is 1. The van der Waals surface area contributed by atoms with Gasteiger partial charge in [-0.15, -0.1) is 0 Å². The first-order valence-electron chi connectivity index (χ1n) is 5.13. The summed E-state index contributed by atoms with van der Waals surface area (Å²) in [5, 5.41) is 10.7. The summed E-state index contributed by atoms with van der Waals surface area (Å²) < 4.78 is 28.6. The van der Waals surface area contributed by atoms with Crippen LogP contribution in [-0.4, -0.2) is 17.3 Å². The summed E-state index contributed by atoms with van der Waals surface area (Å²) in [6, 6.07) is 2.02. The molecule has 0 radical (unpaired) electrons. The van der Waals surface area contributed by atoms with Crippen LogP contribution >= 0.6 is 0 Å². The molecule has 0 unspecified atom stereocenters. The van der Waals surface area contributed by atoms with Gasteiger partial charge in [0, 0.05) is 6.07 Å². The lowest BCUT2D eigenvalue weighted by Gasteiger charge is -2.12. The van der Waals surface area contributed by atoms with Crippen LogP contribution in [-0.2, 0) is 6.42 Å². The van der Waals surface area contributed by atoms with Gasteiger partial charge < -0.3 is 4.74 Å². The maximum absolute atomic E-state index is 12.2. The van der Waals surface area contributed by atoms with Crippen LogP contribution in [0.1, 0.15) is 29.8 Å². The Morgan fingerprint density at radius 2 is 2.11 bits per heavy atom. The van der Waals surface area contributed by atoms with Crippen LogP contribution in [0.25, 0.3) is 0 Å². The molecule has 0 aliphatic rings. The van der Waals surface area contributed by atoms with E-state index in [9.17, 15) is 23.7 Å². The molecule has 18 heavy (non-hydrogen) atoms. The highest BCUT2D eigenvalue weighted by atomic mass is 19.3. The molecule has 0 aliphatic carbocycles. The van der Waals surface area contributed by atoms with Gasteiger partial charge in [0.1, 0.15) is 5.75 Å². The van der Waals surface area contributed by atoms with E-state index in [1.54, 1.807) is 6.92 Å². The summed E-state index contributed by atoms with van der Waals surface area (Å²) in [6.45, 7) is -0.286. The van der Waals surface area contributed by atoms with Gasteiger partial charge in [-0.3, -0.25) is 14.9 Å². The van der Waals surface area contributed by atoms with Gasteiger partial charge in [0.25, 0.3) is 5.69 Å². The van der Waals surface area contributed by atoms with E-state index < -0.39 is 23.1 Å². The monoisotopic (exact) mass is 259 g/mol. The zero-order valence-electron chi connectivity index (χ0n) is 9.78. The van der Waals surface area contributed by atoms with Gasteiger partial charge in [0.2, 0.25) is 0 Å². The van der Waals surface area contributed by atoms with Crippen LogP contribution in [0.2, 0.25) is 0 Å². The normalized spacial score (nSPS) is 10.5. The van der Waals surface area contributed by atoms with Gasteiger partial charge in [0.15, 0.2) is 5.78 Å². The topological polar surface area (TPSA) is 69.4 Å². The molecule has 0 atom stereocenters. The third-order valence-electron chi connectivity index (χ3n) is 2.33. The first kappa shape index (κ1) is 14.0. The maximum atomic E-state index is 12.2. The lowest BCUT2D eigenvalue weighted by Crippen LogP contribution is -2.09. The largest absolute Gasteiger partial charge is 0.434 e. The molecule has 0 saturated heterocycles. The Morgan fingerprint density at radius 3 is 2.50 bits per heavy atom. The number of carbonyl (C=O) groups excluding carboxylic acids is 1. The van der Waals surface area contributed by atoms with E-state index in [1.807, 2.05) is 0 Å². The summed E-state index contributed by atoms with van der Waals surface area (Å²) >= 11 is 0. The fraction of sp³-hybridized carbons (Fsp3) is 0.364. The van der Waals surface area contributed by atoms with E-state index in [2.05, 4.69) is 4.74 Å². The minimum absolute atomic E-state index is 0.0385. The summed E-state index contributed by atoms with van der Waals surface area (Å²) in [4.78, 5) is 21.4. The highest BCUT2D eigenvalue weighted by molar-refractivity contribution is 5.98. The van der Waals surface area contributed by atoms with Crippen molar-refractivity contribution in [1.29, 1.82) is 0 Å². The van der Waals surface area contributed by atoms with E-state index in [1.165, 1.54) is 13.0 Å². The number of alkyl halides is 2. The molecule has 0 heterocycles. The minimum atomic E-state index is -3.14. The van der Waals surface area contributed by atoms with Crippen LogP contribution in [0.3, 0.4) is 0 Å². The number of ether oxygens (including phenoxy) is 1. The van der Waals surface area contributed by atoms with Crippen LogP contribution in [0.5, 0.6) is 5.75 Å². The molecule has 0 spiro atoms. The molecule has 0 bridgehead atoms. The summed E-state index contributed by atoms with van der Waals surface area (Å²) in [6.07, 6.45) is 0.302. The smallest absolute Gasteiger partial charge is 0.387 e. The zero-order chi connectivity index (χ0) is 13.9. The number of nitro groups is 1. The highest BCUT2D eigenvalue weighted by Crippen LogP contribution is 2.30. The Labute approximate surface area is 102 Å². The average molecular weight is 259 g/mol. The standard InChI is InChI=1S/C11H11F2NO4/c1-3-7-4-8(14(16)17)5-9(18-11(12)13)10(7)6(2)15/h4-5,11H,3H2,1-2H3. The molecule has 1 rings (SSSR count). The van der Waals surface area contributed by atoms with E-state index >= 15 is 0 Å². The van der Waals surface area contributed by atoms with Crippen LogP contribution < -0.4 is 4.74 Å². The zero-order valence-corrected chi connectivity index (χ0v) is 9.78. The number of nitrogens with zero attached hydrogens (tertiary/aromatic N) is 1. The third-order valence-corrected chi connectivity index (χ3v) is 2.33. The highest BCUT2D eigenvalue weighted by Gasteiger charge is 2.21. The van der Waals surface area contributed by atoms with E-state index in [-0.39, 0.29) is 11.3 Å². The number of nitro benzene ring substituents is 1. The maximum Gasteiger partial charge on any atom is 0.387 e. The molecular weight excluding hydrogens is 248 g/mol. The molecule has 0 saturated carbocycles. The number of ketones is 1. The molecule has 5 nitrogen and oxygen atoms in total. The van der Waals surface area contributed by atoms with E-state index in [0.29, 0.717) is 12.0 Å². The minimum Gasteiger partial charge on any atom is -0.434 e. The number of benzene rings is 1. The van der Waals surface area contributed by atoms with Crippen molar-refractivity contribution in [2.75, 3.05) is 0 Å². The van der Waals surface area contributed by atoms with Crippen molar-refractivity contribution in [3.63, 3.8) is 0 Å². The molecule has 0 fully saturated rings. The summed E-state index contributed by atoms with van der Waals surface area (Å²) in [5.41, 5.74) is -0.108. The molecule has 1 aromatic carbocycles. The fourth-order valence-corrected chi connectivity index (χ4v) is 1.63. The molecule has 98 valence electrons. The van der Waals surface area contributed by atoms with Crippen molar-refractivity contribution in [2.45, 2.75) is 26.9 Å². The molecular formula is C11H11F2NO4. The predicted molar refractivity (Wildman–Crippen MR) is 59.1 cm³/mol. The van der Waals surface area contributed by atoms with Crippen LogP contribution in [0.15, 0.2) is 12.1 Å². The number of non-ortho nitro benzene ring substituents is 1. The average Bonchev–Trinajstić information content (AvgIpc) is 2.26. The van der Waals surface area contributed by atoms with Crippen molar-refractivity contribution in [1.82, 2.24) is 0 Å². The lowest BCUT2D eigenvalue weighted by atomic mass is 10.00. The number of rotatable bonds is 5. The van der Waals surface area contributed by atoms with Gasteiger partial charge in [-0.1, -0.05) is 6.92 Å². The molecule has 0 amide bonds. The van der Waals surface area contributed by atoms with Gasteiger partial charge in [-0.25, -0.2) is 0 Å². The second-order valence-electron chi connectivity index (χ2n) is 3.52. The van der Waals surface area contributed by atoms with Crippen molar-refractivity contribution >= 4 is 11.5 Å². The predicted octanol–water partition coefficient (Wildman–Crippen LogP) is 2.96. The van der Waals surface area contributed by atoms with E-state index in [0.717, 1.165) is 6.07 Å². The van der Waals surface area contributed by atoms with Crippen molar-refractivity contribution in [3.05, 3.63) is 33.4 Å². The summed E-state index contributed by atoms with van der Waals surface area (Å²) in [7, 11) is 0. The molecule has 7 heteroatoms. The lowest BCUT2D eigenvalue weighted by molar-refractivity contribution is -0.385. The first-order valence-corrected chi connectivity index (χ1v) is 5.13. The number of halogens is 2. The van der Waals surface area contributed by atoms with Gasteiger partial charge in [-0.05, 0) is 18.9 Å². The van der Waals surface area contributed by atoms with Gasteiger partial charge in [-0.2, -0.15) is 8.78 Å². The van der Waals surface area contributed by atoms with E-state index in [4.69, 9.17) is 0 Å². The molecule has 0 aromatic heterocycles. The second kappa shape index (κ2) is 5.52. The van der Waals surface area contributed by atoms with Crippen molar-refractivity contribution in [2.24, 2.45) is 0 Å². The SMILES string of the molecule is CCc1cc([N+](=O)[O-])cc(OC(F)F)c1C(C)=O. The quantitative estimate of drug-likeness (QED) is 0.463. The molecule has 1 aromatic rings. The van der Waals surface area contributed by atoms with Gasteiger partial charge in [0.05, 0.1) is 16.6 Å². The first-order chi connectivity index (χ1) is 8.36. The van der Waals surface area contributed by atoms with Crippen LogP contribution in [0, 0.1) is 10.1 Å². The second-order valence-corrected chi connectivity index (χ2v) is 3.52. The molecule has 0 aliphatic heterocycles. The summed E-state index contributed by atoms with van der Waals surface area (Å²) in [5.74, 6) is -0.930. The van der Waals surface area contributed by atoms with Crippen molar-refractivity contribution in [3.8, 4) is 5.75 Å². The Kier molecular flexibility index (Phi) is 4.30.